The average Bonchev–Trinajstić information content (AvgIpc) is 1.55. The van der Waals surface area contributed by atoms with Crippen molar-refractivity contribution < 1.29 is 0 Å². The summed E-state index contributed by atoms with van der Waals surface area (Å²) in [6.07, 6.45) is 0. The lowest BCUT2D eigenvalue weighted by atomic mass is 9.94. The van der Waals surface area contributed by atoms with Gasteiger partial charge in [-0.1, -0.05) is 297 Å². The lowest BCUT2D eigenvalue weighted by Gasteiger charge is -2.13. The van der Waals surface area contributed by atoms with Gasteiger partial charge < -0.3 is 9.13 Å². The second kappa shape index (κ2) is 26.8. The molecule has 0 saturated heterocycles. The highest BCUT2D eigenvalue weighted by Gasteiger charge is 2.26. The molecule has 7 aromatic heterocycles. The van der Waals surface area contributed by atoms with Gasteiger partial charge in [0.05, 0.1) is 66.6 Å². The second-order valence-corrected chi connectivity index (χ2v) is 30.3. The van der Waals surface area contributed by atoms with Crippen LogP contribution in [0.4, 0.5) is 0 Å². The Balaban J connectivity index is 0.000000135. The Bertz CT molecular complexity index is 8240. The van der Waals surface area contributed by atoms with Crippen LogP contribution in [0.15, 0.2) is 394 Å². The van der Waals surface area contributed by atoms with Crippen LogP contribution >= 0.6 is 0 Å². The van der Waals surface area contributed by atoms with Gasteiger partial charge in [0.15, 0.2) is 17.5 Å². The number of hydrogen-bond donors (Lipinski definition) is 0. The highest BCUT2D eigenvalue weighted by Crippen LogP contribution is 2.48. The molecule has 18 aromatic carbocycles. The standard InChI is InChI=1S/C54H32N6.C53H33N5/c1-3-14-34(15-4-1)51-40-20-7-10-22-43(40)55-53(57-51)59-45-24-12-9-19-38(45)42-32-36(27-30-46(42)59)37-29-31-48-50-39(37)28-26-33-18-13-25-47(49(33)50)60(48)54-56-44-23-11-8-21-41(44)52(58-54)35-16-5-2-6-17-35;1-4-14-35(15-5-1)51-54-52(36-16-6-2-7-17-36)56-53(55-51)38-19-12-22-40(32-38)58-45-24-11-10-23-42(45)44-33-37(27-30-46(44)58)41-29-31-48-50-43(41)28-26-34-18-13-25-47(49(34)50)57(48)39-20-8-3-9-21-39/h1-32H;1-33H. The van der Waals surface area contributed by atoms with Crippen LogP contribution in [0.5, 0.6) is 0 Å². The van der Waals surface area contributed by atoms with Crippen LogP contribution in [0.1, 0.15) is 0 Å². The zero-order valence-corrected chi connectivity index (χ0v) is 63.4. The molecule has 0 aliphatic heterocycles. The molecule has 25 aromatic rings. The van der Waals surface area contributed by atoms with Crippen LogP contribution in [0, 0.1) is 0 Å². The van der Waals surface area contributed by atoms with Gasteiger partial charge in [-0.3, -0.25) is 9.13 Å². The lowest BCUT2D eigenvalue weighted by molar-refractivity contribution is 1.01. The number of rotatable bonds is 11. The largest absolute Gasteiger partial charge is 0.309 e. The lowest BCUT2D eigenvalue weighted by Crippen LogP contribution is -2.03. The van der Waals surface area contributed by atoms with Gasteiger partial charge in [0.25, 0.3) is 0 Å². The number of fused-ring (bicyclic) bond motifs is 8. The Labute approximate surface area is 675 Å². The molecule has 0 amide bonds. The van der Waals surface area contributed by atoms with Gasteiger partial charge in [0.2, 0.25) is 11.9 Å². The molecule has 0 radical (unpaired) electrons. The molecule has 0 fully saturated rings. The minimum absolute atomic E-state index is 0.631. The monoisotopic (exact) mass is 1500 g/mol. The van der Waals surface area contributed by atoms with Crippen LogP contribution in [0.25, 0.3) is 233 Å². The van der Waals surface area contributed by atoms with Crippen LogP contribution in [-0.4, -0.2) is 53.2 Å². The van der Waals surface area contributed by atoms with Crippen molar-refractivity contribution >= 4 is 131 Å². The van der Waals surface area contributed by atoms with Crippen molar-refractivity contribution in [2.45, 2.75) is 0 Å². The summed E-state index contributed by atoms with van der Waals surface area (Å²) in [5, 5.41) is 16.7. The summed E-state index contributed by atoms with van der Waals surface area (Å²) in [4.78, 5) is 36.0. The number of hydrogen-bond acceptors (Lipinski definition) is 7. The van der Waals surface area contributed by atoms with Gasteiger partial charge >= 0.3 is 0 Å². The molecule has 11 heteroatoms. The fourth-order valence-electron chi connectivity index (χ4n) is 18.4. The van der Waals surface area contributed by atoms with Crippen molar-refractivity contribution in [1.29, 1.82) is 0 Å². The molecule has 0 unspecified atom stereocenters. The molecule has 7 heterocycles. The highest BCUT2D eigenvalue weighted by molar-refractivity contribution is 6.28. The summed E-state index contributed by atoms with van der Waals surface area (Å²) < 4.78 is 9.23. The van der Waals surface area contributed by atoms with Gasteiger partial charge in [-0.25, -0.2) is 34.9 Å². The molecular weight excluding hydrogens is 1440 g/mol. The fourth-order valence-corrected chi connectivity index (χ4v) is 18.4. The number of benzene rings is 18. The minimum Gasteiger partial charge on any atom is -0.309 e. The quantitative estimate of drug-likeness (QED) is 0.119. The van der Waals surface area contributed by atoms with E-state index < -0.39 is 0 Å². The van der Waals surface area contributed by atoms with E-state index in [2.05, 4.69) is 328 Å². The molecule has 0 aliphatic carbocycles. The van der Waals surface area contributed by atoms with E-state index in [1.54, 1.807) is 0 Å². The first-order chi connectivity index (χ1) is 58.5. The first-order valence-electron chi connectivity index (χ1n) is 39.9. The summed E-state index contributed by atoms with van der Waals surface area (Å²) in [7, 11) is 0. The van der Waals surface area contributed by atoms with E-state index in [0.29, 0.717) is 29.4 Å². The zero-order valence-electron chi connectivity index (χ0n) is 63.4. The molecule has 25 rings (SSSR count). The average molecular weight is 1500 g/mol. The summed E-state index contributed by atoms with van der Waals surface area (Å²) in [5.41, 5.74) is 24.6. The van der Waals surface area contributed by atoms with Crippen LogP contribution in [-0.2, 0) is 0 Å². The van der Waals surface area contributed by atoms with Crippen LogP contribution < -0.4 is 0 Å². The number of nitrogens with zero attached hydrogens (tertiary/aromatic N) is 11. The summed E-state index contributed by atoms with van der Waals surface area (Å²) in [6.45, 7) is 0. The van der Waals surface area contributed by atoms with E-state index in [4.69, 9.17) is 34.9 Å². The smallest absolute Gasteiger partial charge is 0.235 e. The van der Waals surface area contributed by atoms with Gasteiger partial charge in [-0.2, -0.15) is 0 Å². The third kappa shape index (κ3) is 10.6. The van der Waals surface area contributed by atoms with Gasteiger partial charge in [0.1, 0.15) is 0 Å². The predicted molar refractivity (Wildman–Crippen MR) is 485 cm³/mol. The molecule has 0 aliphatic rings. The van der Waals surface area contributed by atoms with Crippen molar-refractivity contribution in [2.75, 3.05) is 0 Å². The van der Waals surface area contributed by atoms with Gasteiger partial charge in [-0.05, 0) is 141 Å². The van der Waals surface area contributed by atoms with E-state index in [1.165, 1.54) is 87.3 Å². The topological polar surface area (TPSA) is 110 Å². The van der Waals surface area contributed by atoms with Crippen molar-refractivity contribution in [3.05, 3.63) is 394 Å². The predicted octanol–water partition coefficient (Wildman–Crippen LogP) is 26.7. The van der Waals surface area contributed by atoms with Crippen LogP contribution in [0.3, 0.4) is 0 Å². The Morgan fingerprint density at radius 3 is 1.03 bits per heavy atom. The minimum atomic E-state index is 0.631. The highest BCUT2D eigenvalue weighted by atomic mass is 15.2. The van der Waals surface area contributed by atoms with Gasteiger partial charge in [-0.15, -0.1) is 0 Å². The second-order valence-electron chi connectivity index (χ2n) is 30.3. The number of para-hydroxylation sites is 5. The van der Waals surface area contributed by atoms with Crippen molar-refractivity contribution in [3.8, 4) is 102 Å². The SMILES string of the molecule is c1ccc(-c2nc(-c3ccccc3)nc(-c3cccc(-n4c5ccccc5c5cc(-c6ccc7c8c6ccc6cccc(c68)n7-c6ccccc6)ccc54)c3)n2)cc1.c1ccc(-c2nc(-n3c4ccccc4c4cc(-c5ccc6c7c5ccc5cccc(c57)n6-c5nc(-c6ccccc6)c6ccccc6n5)ccc43)nc3ccccc23)cc1. The summed E-state index contributed by atoms with van der Waals surface area (Å²) in [5.74, 6) is 3.23. The van der Waals surface area contributed by atoms with Crippen molar-refractivity contribution in [2.24, 2.45) is 0 Å². The fraction of sp³-hybridized carbons (Fsp3) is 0. The third-order valence-electron chi connectivity index (χ3n) is 23.6. The number of aromatic nitrogens is 11. The van der Waals surface area contributed by atoms with E-state index in [1.807, 2.05) is 84.9 Å². The Kier molecular flexibility index (Phi) is 15.1. The van der Waals surface area contributed by atoms with Gasteiger partial charge in [0, 0.05) is 93.1 Å². The Morgan fingerprint density at radius 2 is 0.517 bits per heavy atom. The Morgan fingerprint density at radius 1 is 0.169 bits per heavy atom. The Hall–Kier alpha value is -16.1. The van der Waals surface area contributed by atoms with Crippen molar-refractivity contribution in [1.82, 2.24) is 53.2 Å². The van der Waals surface area contributed by atoms with Crippen LogP contribution in [0.2, 0.25) is 0 Å². The molecule has 11 nitrogen and oxygen atoms in total. The molecular formula is C107H65N11. The molecule has 548 valence electrons. The van der Waals surface area contributed by atoms with E-state index in [0.717, 1.165) is 116 Å². The first kappa shape index (κ1) is 66.5. The molecule has 0 atom stereocenters. The first-order valence-corrected chi connectivity index (χ1v) is 39.9. The molecule has 0 spiro atoms. The zero-order chi connectivity index (χ0) is 77.5. The van der Waals surface area contributed by atoms with Crippen molar-refractivity contribution in [3.63, 3.8) is 0 Å². The maximum atomic E-state index is 5.32. The molecule has 0 saturated carbocycles. The molecule has 118 heavy (non-hydrogen) atoms. The third-order valence-corrected chi connectivity index (χ3v) is 23.6. The summed E-state index contributed by atoms with van der Waals surface area (Å²) >= 11 is 0. The maximum absolute atomic E-state index is 5.32. The van der Waals surface area contributed by atoms with E-state index in [-0.39, 0.29) is 0 Å². The summed E-state index contributed by atoms with van der Waals surface area (Å²) in [6, 6.07) is 139. The van der Waals surface area contributed by atoms with E-state index >= 15 is 0 Å². The molecule has 0 bridgehead atoms. The maximum Gasteiger partial charge on any atom is 0.235 e. The molecule has 0 N–H and O–H groups in total. The van der Waals surface area contributed by atoms with E-state index in [9.17, 15) is 0 Å². The normalized spacial score (nSPS) is 11.9.